The number of hydrogen-bond acceptors (Lipinski definition) is 4. The molecule has 0 spiro atoms. The molecule has 2 aromatic rings. The Labute approximate surface area is 154 Å². The molecule has 1 aliphatic rings. The standard InChI is InChI=1S/C16H9I2NO3/c17-11-6-10(14(20)12(18)8-11)7-13-16(21)22-15(19-13)9-4-2-1-3-5-9/h1-8,20H/b13-7+. The molecule has 0 radical (unpaired) electrons. The van der Waals surface area contributed by atoms with E-state index in [1.807, 2.05) is 59.0 Å². The molecule has 22 heavy (non-hydrogen) atoms. The molecule has 0 aromatic heterocycles. The number of halogens is 2. The van der Waals surface area contributed by atoms with Crippen LogP contribution in [-0.4, -0.2) is 17.0 Å². The number of aromatic hydroxyl groups is 1. The van der Waals surface area contributed by atoms with E-state index >= 15 is 0 Å². The van der Waals surface area contributed by atoms with Crippen molar-refractivity contribution in [2.75, 3.05) is 0 Å². The molecule has 0 unspecified atom stereocenters. The first-order valence-corrected chi connectivity index (χ1v) is 8.46. The average molecular weight is 517 g/mol. The number of phenolic OH excluding ortho intramolecular Hbond substituents is 1. The quantitative estimate of drug-likeness (QED) is 0.373. The Morgan fingerprint density at radius 2 is 1.86 bits per heavy atom. The van der Waals surface area contributed by atoms with Crippen LogP contribution in [0.3, 0.4) is 0 Å². The Morgan fingerprint density at radius 3 is 2.59 bits per heavy atom. The summed E-state index contributed by atoms with van der Waals surface area (Å²) >= 11 is 4.20. The van der Waals surface area contributed by atoms with E-state index in [1.54, 1.807) is 6.07 Å². The Balaban J connectivity index is 2.02. The maximum absolute atomic E-state index is 12.0. The molecule has 110 valence electrons. The van der Waals surface area contributed by atoms with E-state index < -0.39 is 5.97 Å². The highest BCUT2D eigenvalue weighted by molar-refractivity contribution is 14.1. The lowest BCUT2D eigenvalue weighted by Crippen LogP contribution is -2.04. The lowest BCUT2D eigenvalue weighted by atomic mass is 10.1. The van der Waals surface area contributed by atoms with E-state index in [0.717, 1.165) is 12.7 Å². The molecule has 0 saturated heterocycles. The average Bonchev–Trinajstić information content (AvgIpc) is 2.86. The van der Waals surface area contributed by atoms with Crippen LogP contribution in [0.5, 0.6) is 5.75 Å². The van der Waals surface area contributed by atoms with Gasteiger partial charge in [-0.25, -0.2) is 9.79 Å². The van der Waals surface area contributed by atoms with Gasteiger partial charge >= 0.3 is 5.97 Å². The van der Waals surface area contributed by atoms with Gasteiger partial charge in [0.1, 0.15) is 5.75 Å². The summed E-state index contributed by atoms with van der Waals surface area (Å²) in [6.45, 7) is 0. The number of rotatable bonds is 2. The van der Waals surface area contributed by atoms with Crippen LogP contribution in [0, 0.1) is 7.14 Å². The Morgan fingerprint density at radius 1 is 1.14 bits per heavy atom. The van der Waals surface area contributed by atoms with Crippen LogP contribution in [0.15, 0.2) is 53.2 Å². The van der Waals surface area contributed by atoms with Crippen LogP contribution in [0.4, 0.5) is 0 Å². The van der Waals surface area contributed by atoms with Gasteiger partial charge in [0.15, 0.2) is 5.70 Å². The Hall–Kier alpha value is -1.42. The molecule has 1 heterocycles. The number of ether oxygens (including phenoxy) is 1. The van der Waals surface area contributed by atoms with E-state index in [4.69, 9.17) is 4.74 Å². The molecule has 6 heteroatoms. The number of hydrogen-bond donors (Lipinski definition) is 1. The third-order valence-electron chi connectivity index (χ3n) is 2.99. The molecule has 2 aromatic carbocycles. The highest BCUT2D eigenvalue weighted by Gasteiger charge is 2.24. The maximum Gasteiger partial charge on any atom is 0.363 e. The minimum Gasteiger partial charge on any atom is -0.506 e. The first-order chi connectivity index (χ1) is 10.5. The fraction of sp³-hybridized carbons (Fsp3) is 0. The molecule has 1 N–H and O–H groups in total. The molecule has 3 rings (SSSR count). The van der Waals surface area contributed by atoms with Crippen molar-refractivity contribution in [2.45, 2.75) is 0 Å². The smallest absolute Gasteiger partial charge is 0.363 e. The van der Waals surface area contributed by atoms with Crippen LogP contribution in [0.1, 0.15) is 11.1 Å². The highest BCUT2D eigenvalue weighted by atomic mass is 127. The van der Waals surface area contributed by atoms with E-state index in [-0.39, 0.29) is 17.3 Å². The largest absolute Gasteiger partial charge is 0.506 e. The van der Waals surface area contributed by atoms with Crippen molar-refractivity contribution in [3.8, 4) is 5.75 Å². The Bertz CT molecular complexity index is 814. The third kappa shape index (κ3) is 3.17. The number of esters is 1. The van der Waals surface area contributed by atoms with Gasteiger partial charge in [-0.15, -0.1) is 0 Å². The number of nitrogens with zero attached hydrogens (tertiary/aromatic N) is 1. The van der Waals surface area contributed by atoms with Gasteiger partial charge in [0.25, 0.3) is 0 Å². The lowest BCUT2D eigenvalue weighted by molar-refractivity contribution is -0.129. The van der Waals surface area contributed by atoms with Crippen LogP contribution in [-0.2, 0) is 9.53 Å². The molecule has 0 amide bonds. The molecule has 0 atom stereocenters. The molecule has 0 saturated carbocycles. The number of phenols is 1. The third-order valence-corrected chi connectivity index (χ3v) is 4.44. The predicted octanol–water partition coefficient (Wildman–Crippen LogP) is 3.95. The zero-order chi connectivity index (χ0) is 15.7. The number of carbonyl (C=O) groups is 1. The summed E-state index contributed by atoms with van der Waals surface area (Å²) < 4.78 is 6.87. The van der Waals surface area contributed by atoms with Gasteiger partial charge in [0.2, 0.25) is 5.90 Å². The van der Waals surface area contributed by atoms with Crippen molar-refractivity contribution >= 4 is 63.1 Å². The number of carbonyl (C=O) groups excluding carboxylic acids is 1. The lowest BCUT2D eigenvalue weighted by Gasteiger charge is -2.03. The van der Waals surface area contributed by atoms with Gasteiger partial charge in [0.05, 0.1) is 3.57 Å². The molecule has 0 fully saturated rings. The van der Waals surface area contributed by atoms with Crippen molar-refractivity contribution in [2.24, 2.45) is 4.99 Å². The summed E-state index contributed by atoms with van der Waals surface area (Å²) in [7, 11) is 0. The summed E-state index contributed by atoms with van der Waals surface area (Å²) in [5, 5.41) is 10.1. The van der Waals surface area contributed by atoms with Crippen LogP contribution in [0.25, 0.3) is 6.08 Å². The van der Waals surface area contributed by atoms with Gasteiger partial charge < -0.3 is 9.84 Å². The topological polar surface area (TPSA) is 58.9 Å². The van der Waals surface area contributed by atoms with Crippen molar-refractivity contribution < 1.29 is 14.6 Å². The molecule has 4 nitrogen and oxygen atoms in total. The van der Waals surface area contributed by atoms with Crippen molar-refractivity contribution in [1.82, 2.24) is 0 Å². The highest BCUT2D eigenvalue weighted by Crippen LogP contribution is 2.30. The van der Waals surface area contributed by atoms with E-state index in [2.05, 4.69) is 27.6 Å². The summed E-state index contributed by atoms with van der Waals surface area (Å²) in [5.74, 6) is -0.117. The predicted molar refractivity (Wildman–Crippen MR) is 101 cm³/mol. The SMILES string of the molecule is O=C1OC(c2ccccc2)=N/C1=C/c1cc(I)cc(I)c1O. The van der Waals surface area contributed by atoms with Gasteiger partial charge in [-0.3, -0.25) is 0 Å². The van der Waals surface area contributed by atoms with Gasteiger partial charge in [0, 0.05) is 14.7 Å². The molecular formula is C16H9I2NO3. The van der Waals surface area contributed by atoms with Gasteiger partial charge in [-0.1, -0.05) is 18.2 Å². The summed E-state index contributed by atoms with van der Waals surface area (Å²) in [6.07, 6.45) is 1.54. The second kappa shape index (κ2) is 6.37. The summed E-state index contributed by atoms with van der Waals surface area (Å²) in [6, 6.07) is 12.9. The first-order valence-electron chi connectivity index (χ1n) is 6.30. The minimum atomic E-state index is -0.521. The van der Waals surface area contributed by atoms with Crippen molar-refractivity contribution in [3.05, 3.63) is 66.4 Å². The van der Waals surface area contributed by atoms with E-state index in [1.165, 1.54) is 6.08 Å². The van der Waals surface area contributed by atoms with E-state index in [0.29, 0.717) is 5.56 Å². The minimum absolute atomic E-state index is 0.129. The van der Waals surface area contributed by atoms with Gasteiger partial charge in [-0.2, -0.15) is 0 Å². The number of cyclic esters (lactones) is 1. The molecule has 0 bridgehead atoms. The second-order valence-electron chi connectivity index (χ2n) is 4.53. The Kier molecular flexibility index (Phi) is 4.48. The second-order valence-corrected chi connectivity index (χ2v) is 6.94. The number of benzene rings is 2. The van der Waals surface area contributed by atoms with E-state index in [9.17, 15) is 9.90 Å². The van der Waals surface area contributed by atoms with Crippen molar-refractivity contribution in [1.29, 1.82) is 0 Å². The summed E-state index contributed by atoms with van der Waals surface area (Å²) in [4.78, 5) is 16.2. The normalized spacial score (nSPS) is 15.8. The van der Waals surface area contributed by atoms with Crippen LogP contribution < -0.4 is 0 Å². The first kappa shape index (κ1) is 15.5. The monoisotopic (exact) mass is 517 g/mol. The maximum atomic E-state index is 12.0. The fourth-order valence-electron chi connectivity index (χ4n) is 1.96. The number of aliphatic imine (C=N–C) groups is 1. The van der Waals surface area contributed by atoms with Crippen LogP contribution in [0.2, 0.25) is 0 Å². The van der Waals surface area contributed by atoms with Crippen molar-refractivity contribution in [3.63, 3.8) is 0 Å². The van der Waals surface area contributed by atoms with Gasteiger partial charge in [-0.05, 0) is 75.5 Å². The molecule has 0 aliphatic carbocycles. The zero-order valence-electron chi connectivity index (χ0n) is 11.1. The summed E-state index contributed by atoms with van der Waals surface area (Å²) in [5.41, 5.74) is 1.45. The zero-order valence-corrected chi connectivity index (χ0v) is 15.4. The molecule has 1 aliphatic heterocycles. The fourth-order valence-corrected chi connectivity index (χ4v) is 3.85. The molecular weight excluding hydrogens is 508 g/mol. The van der Waals surface area contributed by atoms with Crippen LogP contribution >= 0.6 is 45.2 Å².